The third-order valence-corrected chi connectivity index (χ3v) is 24.6. The lowest BCUT2D eigenvalue weighted by Gasteiger charge is -2.29. The molecular weight excluding hydrogens is 1440 g/mol. The van der Waals surface area contributed by atoms with E-state index in [-0.39, 0.29) is 53.3 Å². The van der Waals surface area contributed by atoms with Crippen molar-refractivity contribution in [1.82, 2.24) is 24.5 Å². The van der Waals surface area contributed by atoms with Crippen LogP contribution in [-0.4, -0.2) is 187 Å². The number of β-amino-alcohol motifs (C(OH)–C–C–N with tert-alkyl or cyclic N) is 1. The van der Waals surface area contributed by atoms with Gasteiger partial charge in [0.15, 0.2) is 46.0 Å². The Labute approximate surface area is 643 Å². The number of hydrogen-bond acceptors (Lipinski definition) is 20. The van der Waals surface area contributed by atoms with Crippen molar-refractivity contribution in [1.29, 1.82) is 0 Å². The van der Waals surface area contributed by atoms with E-state index in [4.69, 9.17) is 28.4 Å². The predicted molar refractivity (Wildman–Crippen MR) is 429 cm³/mol. The van der Waals surface area contributed by atoms with Gasteiger partial charge in [-0.25, -0.2) is 0 Å². The predicted octanol–water partition coefficient (Wildman–Crippen LogP) is 14.2. The Morgan fingerprint density at radius 3 is 1.18 bits per heavy atom. The average Bonchev–Trinajstić information content (AvgIpc) is 1.62. The van der Waals surface area contributed by atoms with Crippen LogP contribution in [0.25, 0.3) is 84.9 Å². The number of aliphatic hydroxyl groups excluding tert-OH is 1. The summed E-state index contributed by atoms with van der Waals surface area (Å²) in [5, 5.41) is 64.9. The maximum Gasteiger partial charge on any atom is 0.231 e. The van der Waals surface area contributed by atoms with Gasteiger partial charge in [0.05, 0.1) is 57.9 Å². The third kappa shape index (κ3) is 16.5. The third-order valence-electron chi connectivity index (χ3n) is 20.8. The molecule has 0 saturated carbocycles. The number of aliphatic hydroxyl groups is 1. The molecule has 23 heteroatoms. The highest BCUT2D eigenvalue weighted by molar-refractivity contribution is 7.18. The first-order valence-electron chi connectivity index (χ1n) is 36.9. The second kappa shape index (κ2) is 34.1. The number of quaternary nitrogens is 1. The monoisotopic (exact) mass is 1530 g/mol. The lowest BCUT2D eigenvalue weighted by atomic mass is 10.0. The molecule has 2 amide bonds. The van der Waals surface area contributed by atoms with Crippen LogP contribution in [0.2, 0.25) is 0 Å². The molecule has 4 aromatic heterocycles. The summed E-state index contributed by atoms with van der Waals surface area (Å²) in [5.74, 6) is 2.85. The number of phenolic OH excluding ortho intramolecular Hbond substituents is 4. The molecule has 2 atom stereocenters. The number of benzene rings is 8. The van der Waals surface area contributed by atoms with Crippen molar-refractivity contribution in [3.63, 3.8) is 0 Å². The van der Waals surface area contributed by atoms with Crippen LogP contribution in [0, 0.1) is 11.8 Å². The summed E-state index contributed by atoms with van der Waals surface area (Å²) in [4.78, 5) is 36.2. The number of phenols is 4. The fourth-order valence-corrected chi connectivity index (χ4v) is 18.8. The first-order valence-corrected chi connectivity index (χ1v) is 40.5. The van der Waals surface area contributed by atoms with E-state index in [0.717, 1.165) is 137 Å². The van der Waals surface area contributed by atoms with Gasteiger partial charge in [-0.15, -0.1) is 45.3 Å². The van der Waals surface area contributed by atoms with Gasteiger partial charge in [0.2, 0.25) is 11.8 Å². The number of aromatic hydroxyl groups is 4. The molecule has 108 heavy (non-hydrogen) atoms. The van der Waals surface area contributed by atoms with Gasteiger partial charge < -0.3 is 69.5 Å². The fourth-order valence-electron chi connectivity index (χ4n) is 15.0. The molecule has 10 heterocycles. The number of hydrogen-bond donors (Lipinski definition) is 6. The minimum atomic E-state index is -0.121. The van der Waals surface area contributed by atoms with Crippen LogP contribution in [0.5, 0.6) is 46.0 Å². The van der Waals surface area contributed by atoms with Crippen molar-refractivity contribution in [3.05, 3.63) is 189 Å². The molecule has 0 radical (unpaired) electrons. The van der Waals surface area contributed by atoms with Crippen LogP contribution in [0.3, 0.4) is 0 Å². The number of carbonyl (C=O) groups is 2. The highest BCUT2D eigenvalue weighted by atomic mass is 32.1. The van der Waals surface area contributed by atoms with Gasteiger partial charge in [-0.2, -0.15) is 0 Å². The lowest BCUT2D eigenvalue weighted by Crippen LogP contribution is -2.56. The van der Waals surface area contributed by atoms with Gasteiger partial charge in [0.25, 0.3) is 0 Å². The second-order valence-corrected chi connectivity index (χ2v) is 31.6. The number of morpholine rings is 1. The molecule has 6 aliphatic heterocycles. The van der Waals surface area contributed by atoms with Gasteiger partial charge in [0, 0.05) is 163 Å². The highest BCUT2D eigenvalue weighted by Crippen LogP contribution is 2.47. The van der Waals surface area contributed by atoms with E-state index in [1.54, 1.807) is 68.4 Å². The minimum absolute atomic E-state index is 0.0702. The van der Waals surface area contributed by atoms with E-state index in [9.17, 15) is 35.1 Å². The van der Waals surface area contributed by atoms with Gasteiger partial charge in [-0.3, -0.25) is 24.3 Å². The maximum atomic E-state index is 12.9. The number of amides is 2. The molecule has 0 bridgehead atoms. The van der Waals surface area contributed by atoms with Crippen molar-refractivity contribution < 1.29 is 69.3 Å². The molecule has 0 unspecified atom stereocenters. The Morgan fingerprint density at radius 1 is 0.435 bits per heavy atom. The molecule has 2 saturated heterocycles. The number of ether oxygens (including phenoxy) is 6. The van der Waals surface area contributed by atoms with Crippen LogP contribution >= 0.6 is 45.3 Å². The van der Waals surface area contributed by atoms with Crippen molar-refractivity contribution in [3.8, 4) is 90.5 Å². The van der Waals surface area contributed by atoms with Gasteiger partial charge in [-0.1, -0.05) is 72.8 Å². The van der Waals surface area contributed by atoms with Crippen LogP contribution in [0.15, 0.2) is 167 Å². The summed E-state index contributed by atoms with van der Waals surface area (Å²) < 4.78 is 39.0. The molecule has 8 N–H and O–H groups in total. The molecular formula is C85H89N6O13S4+. The summed E-state index contributed by atoms with van der Waals surface area (Å²) in [7, 11) is 0. The van der Waals surface area contributed by atoms with Crippen LogP contribution in [0.4, 0.5) is 0 Å². The second-order valence-electron chi connectivity index (χ2n) is 27.9. The lowest BCUT2D eigenvalue weighted by molar-refractivity contribution is -0.375. The first kappa shape index (κ1) is 74.1. The summed E-state index contributed by atoms with van der Waals surface area (Å²) in [6.07, 6.45) is 0.773. The van der Waals surface area contributed by atoms with Crippen molar-refractivity contribution in [2.75, 3.05) is 125 Å². The minimum Gasteiger partial charge on any atom is -0.504 e. The molecule has 12 aromatic rings. The number of fused-ring (bicyclic) bond motifs is 8. The largest absolute Gasteiger partial charge is 0.504 e. The summed E-state index contributed by atoms with van der Waals surface area (Å²) in [5.41, 5.74) is 16.0. The summed E-state index contributed by atoms with van der Waals surface area (Å²) >= 11 is 6.82. The topological polar surface area (TPSA) is 235 Å². The van der Waals surface area contributed by atoms with Crippen molar-refractivity contribution in [2.24, 2.45) is 11.8 Å². The van der Waals surface area contributed by atoms with E-state index < -0.39 is 0 Å². The molecule has 18 rings (SSSR count). The van der Waals surface area contributed by atoms with Crippen molar-refractivity contribution in [2.45, 2.75) is 39.5 Å². The Bertz CT molecular complexity index is 5180. The SMILES string of the molecule is C[C@H](C[NH3+])C(=O)N1CCOc2c(O)cc(-c3csc4ccccc34)cc2C1.O=C([C@@H]1CCOC1)N1CCOc2c(O)cc(-c3csc4ccccc34)cc2C1.OCCN1CCOc2c(O)cc(-c3csc4ccccc34)cc2C1.Oc1cc(-c2csc3ccccc23)cc2c1OCCN(CCN1CCOCC1)C2. The number of rotatable bonds is 12. The van der Waals surface area contributed by atoms with Gasteiger partial charge >= 0.3 is 0 Å². The van der Waals surface area contributed by atoms with E-state index >= 15 is 0 Å². The Morgan fingerprint density at radius 2 is 0.787 bits per heavy atom. The maximum absolute atomic E-state index is 12.9. The molecule has 19 nitrogen and oxygen atoms in total. The molecule has 8 aromatic carbocycles. The van der Waals surface area contributed by atoms with Crippen LogP contribution < -0.4 is 24.7 Å². The van der Waals surface area contributed by atoms with Crippen LogP contribution in [0.1, 0.15) is 35.6 Å². The average molecular weight is 1530 g/mol. The van der Waals surface area contributed by atoms with E-state index in [2.05, 4.69) is 115 Å². The number of thiophene rings is 4. The van der Waals surface area contributed by atoms with E-state index in [1.807, 2.05) is 66.4 Å². The molecule has 0 spiro atoms. The van der Waals surface area contributed by atoms with Crippen LogP contribution in [-0.2, 0) is 45.2 Å². The number of nitrogens with zero attached hydrogens (tertiary/aromatic N) is 5. The Balaban J connectivity index is 0.000000115. The van der Waals surface area contributed by atoms with E-state index in [1.165, 1.54) is 35.1 Å². The quantitative estimate of drug-likeness (QED) is 0.0667. The van der Waals surface area contributed by atoms with E-state index in [0.29, 0.717) is 108 Å². The van der Waals surface area contributed by atoms with Gasteiger partial charge in [-0.05, 0) is 130 Å². The summed E-state index contributed by atoms with van der Waals surface area (Å²) in [6, 6.07) is 48.7. The zero-order valence-electron chi connectivity index (χ0n) is 60.4. The zero-order chi connectivity index (χ0) is 74.2. The normalized spacial score (nSPS) is 17.0. The van der Waals surface area contributed by atoms with Gasteiger partial charge in [0.1, 0.15) is 26.4 Å². The molecule has 6 aliphatic rings. The zero-order valence-corrected chi connectivity index (χ0v) is 63.6. The Hall–Kier alpha value is -9.34. The Kier molecular flexibility index (Phi) is 23.4. The molecule has 0 aliphatic carbocycles. The molecule has 2 fully saturated rings. The summed E-state index contributed by atoms with van der Waals surface area (Å²) in [6.45, 7) is 16.9. The highest BCUT2D eigenvalue weighted by Gasteiger charge is 2.32. The van der Waals surface area contributed by atoms with Crippen molar-refractivity contribution >= 4 is 97.5 Å². The smallest absolute Gasteiger partial charge is 0.231 e. The molecule has 560 valence electrons. The fraction of sp³-hybridized carbons (Fsp3) is 0.318. The first-order chi connectivity index (χ1) is 52.8. The standard InChI is InChI=1S/C23H26N2O3S.C22H21NO4S.C21H22N2O3S.C19H19NO3S/c26-21-14-17(20-16-29-22-4-2-1-3-19(20)22)13-18-15-25(9-12-28-23(18)21)6-5-24-7-10-27-11-8-24;24-19-10-15(18-13-28-20-4-2-1-3-17(18)20)9-16-11-23(6-8-27-21(16)19)22(25)14-5-7-26-12-14;1-13(10-22)21(25)23-6-7-26-20-15(11-23)8-14(9-18(20)24)17-12-27-19-5-3-2-4-16(17)19;21-7-5-20-6-8-23-19-14(11-20)9-13(10-17(19)22)16-12-24-18-4-2-1-3-15(16)18/h1-4,13-14,16,26H,5-12,15H2;1-4,9-10,13-14,24H,5-8,11-12H2;2-5,8-9,12-13,24H,6-7,10-11,22H2,1H3;1-4,9-10,12,21-22H,5-8,11H2/p+1/t;14-;13-;/m.11./s1. The number of carbonyl (C=O) groups excluding carboxylic acids is 2.